The number of benzene rings is 1. The summed E-state index contributed by atoms with van der Waals surface area (Å²) in [5, 5.41) is 6.08. The third-order valence-electron chi connectivity index (χ3n) is 4.07. The highest BCUT2D eigenvalue weighted by Gasteiger charge is 2.24. The lowest BCUT2D eigenvalue weighted by atomic mass is 10.1. The van der Waals surface area contributed by atoms with Crippen molar-refractivity contribution in [2.45, 2.75) is 26.8 Å². The minimum Gasteiger partial charge on any atom is -0.484 e. The molecule has 0 fully saturated rings. The maximum absolute atomic E-state index is 12.3. The van der Waals surface area contributed by atoms with Gasteiger partial charge in [0, 0.05) is 17.1 Å². The summed E-state index contributed by atoms with van der Waals surface area (Å²) >= 11 is 6.12. The molecule has 0 spiro atoms. The number of halogens is 1. The number of carbonyl (C=O) groups excluding carboxylic acids is 1. The summed E-state index contributed by atoms with van der Waals surface area (Å²) in [7, 11) is 0. The van der Waals surface area contributed by atoms with Gasteiger partial charge in [-0.2, -0.15) is 0 Å². The van der Waals surface area contributed by atoms with Crippen LogP contribution < -0.4 is 10.3 Å². The molecule has 2 aromatic rings. The molecule has 0 aliphatic carbocycles. The van der Waals surface area contributed by atoms with Gasteiger partial charge in [0.15, 0.2) is 6.61 Å². The van der Waals surface area contributed by atoms with Gasteiger partial charge in [-0.3, -0.25) is 14.7 Å². The fraction of sp³-hybridized carbons (Fsp3) is 0.375. The maximum atomic E-state index is 12.3. The van der Waals surface area contributed by atoms with Gasteiger partial charge < -0.3 is 14.7 Å². The van der Waals surface area contributed by atoms with Crippen molar-refractivity contribution in [2.24, 2.45) is 0 Å². The summed E-state index contributed by atoms with van der Waals surface area (Å²) in [4.78, 5) is 25.5. The van der Waals surface area contributed by atoms with Gasteiger partial charge >= 0.3 is 0 Å². The average Bonchev–Trinajstić information content (AvgIpc) is 2.91. The number of carbonyl (C=O) groups is 1. The van der Waals surface area contributed by atoms with E-state index in [0.717, 1.165) is 22.4 Å². The third-order valence-corrected chi connectivity index (χ3v) is 4.67. The predicted octanol–water partition coefficient (Wildman–Crippen LogP) is 1.94. The Balaban J connectivity index is 1.63. The molecule has 3 rings (SSSR count). The van der Waals surface area contributed by atoms with Crippen LogP contribution in [-0.2, 0) is 17.8 Å². The summed E-state index contributed by atoms with van der Waals surface area (Å²) in [5.74, 6) is 0.522. The van der Waals surface area contributed by atoms with Crippen LogP contribution in [0.5, 0.6) is 5.75 Å². The molecule has 0 unspecified atom stereocenters. The van der Waals surface area contributed by atoms with Gasteiger partial charge in [0.1, 0.15) is 5.75 Å². The summed E-state index contributed by atoms with van der Waals surface area (Å²) in [6.45, 7) is 4.69. The van der Waals surface area contributed by atoms with Gasteiger partial charge in [-0.1, -0.05) is 11.6 Å². The molecule has 1 amide bonds. The summed E-state index contributed by atoms with van der Waals surface area (Å²) in [6.07, 6.45) is 0.555. The quantitative estimate of drug-likeness (QED) is 0.899. The number of H-pyrrole nitrogens is 2. The average molecular weight is 336 g/mol. The Bertz CT molecular complexity index is 786. The summed E-state index contributed by atoms with van der Waals surface area (Å²) in [6, 6.07) is 3.64. The molecule has 1 aliphatic rings. The fourth-order valence-corrected chi connectivity index (χ4v) is 2.88. The van der Waals surface area contributed by atoms with Crippen LogP contribution in [0.1, 0.15) is 22.4 Å². The van der Waals surface area contributed by atoms with E-state index in [2.05, 4.69) is 10.2 Å². The van der Waals surface area contributed by atoms with Gasteiger partial charge in [-0.05, 0) is 43.5 Å². The second kappa shape index (κ2) is 6.12. The van der Waals surface area contributed by atoms with Crippen LogP contribution >= 0.6 is 11.6 Å². The lowest BCUT2D eigenvalue weighted by Gasteiger charge is -2.26. The number of aromatic amines is 2. The molecule has 2 heterocycles. The van der Waals surface area contributed by atoms with Crippen molar-refractivity contribution in [3.05, 3.63) is 49.9 Å². The van der Waals surface area contributed by atoms with Crippen molar-refractivity contribution in [3.63, 3.8) is 0 Å². The first-order valence-corrected chi connectivity index (χ1v) is 7.79. The Kier molecular flexibility index (Phi) is 4.17. The van der Waals surface area contributed by atoms with Gasteiger partial charge in [-0.15, -0.1) is 0 Å². The Morgan fingerprint density at radius 3 is 2.70 bits per heavy atom. The Hall–Kier alpha value is -2.21. The molecule has 1 aromatic heterocycles. The van der Waals surface area contributed by atoms with E-state index in [1.807, 2.05) is 26.0 Å². The zero-order valence-corrected chi connectivity index (χ0v) is 13.8. The molecule has 1 aromatic carbocycles. The Morgan fingerprint density at radius 1 is 1.30 bits per heavy atom. The minimum absolute atomic E-state index is 0.0372. The molecule has 2 N–H and O–H groups in total. The normalized spacial score (nSPS) is 13.8. The highest BCUT2D eigenvalue weighted by atomic mass is 35.5. The number of aromatic nitrogens is 2. The molecule has 0 radical (unpaired) electrons. The van der Waals surface area contributed by atoms with Crippen LogP contribution in [0.25, 0.3) is 0 Å². The number of hydrogen-bond acceptors (Lipinski definition) is 3. The molecule has 122 valence electrons. The third kappa shape index (κ3) is 3.12. The van der Waals surface area contributed by atoms with Crippen molar-refractivity contribution >= 4 is 17.5 Å². The van der Waals surface area contributed by atoms with Crippen LogP contribution in [0.3, 0.4) is 0 Å². The largest absolute Gasteiger partial charge is 0.484 e. The van der Waals surface area contributed by atoms with E-state index in [9.17, 15) is 9.59 Å². The number of fused-ring (bicyclic) bond motifs is 1. The summed E-state index contributed by atoms with van der Waals surface area (Å²) < 4.78 is 5.60. The molecule has 0 saturated carbocycles. The van der Waals surface area contributed by atoms with Gasteiger partial charge in [-0.25, -0.2) is 0 Å². The van der Waals surface area contributed by atoms with Gasteiger partial charge in [0.05, 0.1) is 12.2 Å². The first-order chi connectivity index (χ1) is 11.0. The van der Waals surface area contributed by atoms with E-state index >= 15 is 0 Å². The van der Waals surface area contributed by atoms with Crippen molar-refractivity contribution in [1.29, 1.82) is 0 Å². The van der Waals surface area contributed by atoms with E-state index in [-0.39, 0.29) is 18.1 Å². The molecule has 7 heteroatoms. The smallest absolute Gasteiger partial charge is 0.267 e. The van der Waals surface area contributed by atoms with Crippen molar-refractivity contribution in [2.75, 3.05) is 13.2 Å². The standard InChI is InChI=1S/C16H18ClN3O3/c1-9-5-11(6-10(2)15(9)17)23-8-14(21)20-4-3-12-13(7-20)18-19-16(12)22/h5-6H,3-4,7-8H2,1-2H3,(H2,18,19,22). The summed E-state index contributed by atoms with van der Waals surface area (Å²) in [5.41, 5.74) is 3.24. The molecular weight excluding hydrogens is 318 g/mol. The number of aryl methyl sites for hydroxylation is 2. The maximum Gasteiger partial charge on any atom is 0.267 e. The van der Waals surface area contributed by atoms with Gasteiger partial charge in [0.2, 0.25) is 0 Å². The second-order valence-electron chi connectivity index (χ2n) is 5.76. The first kappa shape index (κ1) is 15.7. The second-order valence-corrected chi connectivity index (χ2v) is 6.14. The molecule has 6 nitrogen and oxygen atoms in total. The monoisotopic (exact) mass is 335 g/mol. The lowest BCUT2D eigenvalue weighted by molar-refractivity contribution is -0.134. The first-order valence-electron chi connectivity index (χ1n) is 7.41. The van der Waals surface area contributed by atoms with Crippen LogP contribution in [-0.4, -0.2) is 34.2 Å². The molecule has 0 atom stereocenters. The number of nitrogens with zero attached hydrogens (tertiary/aromatic N) is 1. The van der Waals surface area contributed by atoms with E-state index < -0.39 is 0 Å². The predicted molar refractivity (Wildman–Crippen MR) is 87.0 cm³/mol. The topological polar surface area (TPSA) is 78.2 Å². The van der Waals surface area contributed by atoms with Crippen LogP contribution in [0.4, 0.5) is 0 Å². The molecular formula is C16H18ClN3O3. The van der Waals surface area contributed by atoms with Crippen LogP contribution in [0, 0.1) is 13.8 Å². The fourth-order valence-electron chi connectivity index (χ4n) is 2.77. The number of amides is 1. The number of nitrogens with one attached hydrogen (secondary N) is 2. The zero-order valence-electron chi connectivity index (χ0n) is 13.0. The van der Waals surface area contributed by atoms with Gasteiger partial charge in [0.25, 0.3) is 11.5 Å². The minimum atomic E-state index is -0.108. The van der Waals surface area contributed by atoms with Crippen LogP contribution in [0.2, 0.25) is 5.02 Å². The SMILES string of the molecule is Cc1cc(OCC(=O)N2CCc3c([nH][nH]c3=O)C2)cc(C)c1Cl. The van der Waals surface area contributed by atoms with E-state index in [1.54, 1.807) is 4.90 Å². The highest BCUT2D eigenvalue weighted by Crippen LogP contribution is 2.26. The van der Waals surface area contributed by atoms with Crippen molar-refractivity contribution < 1.29 is 9.53 Å². The molecule has 23 heavy (non-hydrogen) atoms. The molecule has 0 bridgehead atoms. The van der Waals surface area contributed by atoms with Crippen molar-refractivity contribution in [1.82, 2.24) is 15.1 Å². The number of ether oxygens (including phenoxy) is 1. The lowest BCUT2D eigenvalue weighted by Crippen LogP contribution is -2.39. The number of hydrogen-bond donors (Lipinski definition) is 2. The Morgan fingerprint density at radius 2 is 2.00 bits per heavy atom. The van der Waals surface area contributed by atoms with Crippen molar-refractivity contribution in [3.8, 4) is 5.75 Å². The molecule has 0 saturated heterocycles. The zero-order chi connectivity index (χ0) is 16.6. The van der Waals surface area contributed by atoms with E-state index in [1.165, 1.54) is 0 Å². The Labute approximate surface area is 138 Å². The van der Waals surface area contributed by atoms with E-state index in [0.29, 0.717) is 30.3 Å². The highest BCUT2D eigenvalue weighted by molar-refractivity contribution is 6.32. The van der Waals surface area contributed by atoms with Crippen LogP contribution in [0.15, 0.2) is 16.9 Å². The number of rotatable bonds is 3. The molecule has 1 aliphatic heterocycles. The van der Waals surface area contributed by atoms with E-state index in [4.69, 9.17) is 16.3 Å².